The second-order valence-electron chi connectivity index (χ2n) is 8.17. The zero-order valence-corrected chi connectivity index (χ0v) is 18.5. The number of H-pyrrole nitrogens is 1. The molecule has 3 heterocycles. The Balaban J connectivity index is 1.28. The summed E-state index contributed by atoms with van der Waals surface area (Å²) >= 11 is 7.51. The summed E-state index contributed by atoms with van der Waals surface area (Å²) in [5, 5.41) is 11.6. The predicted molar refractivity (Wildman–Crippen MR) is 122 cm³/mol. The van der Waals surface area contributed by atoms with E-state index >= 15 is 0 Å². The van der Waals surface area contributed by atoms with Crippen molar-refractivity contribution in [3.8, 4) is 0 Å². The summed E-state index contributed by atoms with van der Waals surface area (Å²) in [5.41, 5.74) is 2.39. The normalized spacial score (nSPS) is 20.9. The van der Waals surface area contributed by atoms with E-state index in [1.807, 2.05) is 12.1 Å². The standard InChI is InChI=1S/C22H24ClN5O2S/c23-13-5-6-14-12(9-13)10-18(25-14)20(29)26-15-3-1-2-4-16(15)27-21(30)22-28-17-7-8-24-11-19(17)31-22/h5-6,9-10,15-16,24-25H,1-4,7-8,11H2,(H,26,29)(H,27,30). The topological polar surface area (TPSA) is 98.9 Å². The van der Waals surface area contributed by atoms with Gasteiger partial charge in [-0.1, -0.05) is 24.4 Å². The van der Waals surface area contributed by atoms with E-state index in [0.29, 0.717) is 15.7 Å². The monoisotopic (exact) mass is 457 g/mol. The zero-order valence-electron chi connectivity index (χ0n) is 17.0. The maximum absolute atomic E-state index is 12.9. The van der Waals surface area contributed by atoms with Gasteiger partial charge in [0, 0.05) is 52.4 Å². The minimum Gasteiger partial charge on any atom is -0.351 e. The quantitative estimate of drug-likeness (QED) is 0.482. The van der Waals surface area contributed by atoms with Gasteiger partial charge in [-0.2, -0.15) is 0 Å². The molecule has 162 valence electrons. The van der Waals surface area contributed by atoms with Gasteiger partial charge in [-0.25, -0.2) is 4.98 Å². The van der Waals surface area contributed by atoms with Crippen molar-refractivity contribution in [3.63, 3.8) is 0 Å². The number of halogens is 1. The smallest absolute Gasteiger partial charge is 0.280 e. The first-order valence-electron chi connectivity index (χ1n) is 10.7. The number of aromatic nitrogens is 2. The summed E-state index contributed by atoms with van der Waals surface area (Å²) < 4.78 is 0. The molecule has 1 aliphatic heterocycles. The van der Waals surface area contributed by atoms with Crippen LogP contribution >= 0.6 is 22.9 Å². The Hall–Kier alpha value is -2.42. The van der Waals surface area contributed by atoms with Crippen LogP contribution in [-0.4, -0.2) is 40.4 Å². The number of nitrogens with zero attached hydrogens (tertiary/aromatic N) is 1. The number of fused-ring (bicyclic) bond motifs is 2. The third-order valence-electron chi connectivity index (χ3n) is 6.02. The van der Waals surface area contributed by atoms with Crippen molar-refractivity contribution in [2.75, 3.05) is 6.54 Å². The molecule has 2 amide bonds. The number of hydrogen-bond donors (Lipinski definition) is 4. The van der Waals surface area contributed by atoms with Gasteiger partial charge in [0.15, 0.2) is 5.01 Å². The molecular formula is C22H24ClN5O2S. The van der Waals surface area contributed by atoms with Crippen LogP contribution in [0.4, 0.5) is 0 Å². The summed E-state index contributed by atoms with van der Waals surface area (Å²) in [6, 6.07) is 7.07. The fourth-order valence-corrected chi connectivity index (χ4v) is 5.56. The Labute approximate surface area is 189 Å². The molecule has 1 fully saturated rings. The molecule has 1 aromatic carbocycles. The van der Waals surface area contributed by atoms with Gasteiger partial charge in [-0.3, -0.25) is 9.59 Å². The van der Waals surface area contributed by atoms with Crippen molar-refractivity contribution >= 4 is 45.7 Å². The van der Waals surface area contributed by atoms with E-state index in [0.717, 1.165) is 66.7 Å². The fourth-order valence-electron chi connectivity index (χ4n) is 4.40. The molecule has 0 radical (unpaired) electrons. The number of carbonyl (C=O) groups excluding carboxylic acids is 2. The van der Waals surface area contributed by atoms with Crippen LogP contribution in [0, 0.1) is 0 Å². The first-order chi connectivity index (χ1) is 15.1. The lowest BCUT2D eigenvalue weighted by molar-refractivity contribution is 0.0860. The molecule has 7 nitrogen and oxygen atoms in total. The van der Waals surface area contributed by atoms with Crippen molar-refractivity contribution in [2.45, 2.75) is 50.7 Å². The van der Waals surface area contributed by atoms with E-state index in [9.17, 15) is 9.59 Å². The highest BCUT2D eigenvalue weighted by molar-refractivity contribution is 7.13. The Morgan fingerprint density at radius 3 is 2.65 bits per heavy atom. The van der Waals surface area contributed by atoms with Gasteiger partial charge in [0.2, 0.25) is 0 Å². The van der Waals surface area contributed by atoms with Crippen LogP contribution in [0.1, 0.15) is 56.5 Å². The number of benzene rings is 1. The number of hydrogen-bond acceptors (Lipinski definition) is 5. The summed E-state index contributed by atoms with van der Waals surface area (Å²) in [6.07, 6.45) is 4.58. The maximum Gasteiger partial charge on any atom is 0.280 e. The SMILES string of the molecule is O=C(NC1CCCCC1NC(=O)c1nc2c(s1)CNCC2)c1cc2cc(Cl)ccc2[nH]1. The number of amides is 2. The van der Waals surface area contributed by atoms with Crippen LogP contribution in [0.2, 0.25) is 5.02 Å². The van der Waals surface area contributed by atoms with E-state index in [4.69, 9.17) is 11.6 Å². The average Bonchev–Trinajstić information content (AvgIpc) is 3.39. The number of rotatable bonds is 4. The molecule has 2 atom stereocenters. The molecule has 2 aromatic heterocycles. The predicted octanol–water partition coefficient (Wildman–Crippen LogP) is 3.39. The number of carbonyl (C=O) groups is 2. The molecular weight excluding hydrogens is 434 g/mol. The van der Waals surface area contributed by atoms with Crippen molar-refractivity contribution < 1.29 is 9.59 Å². The highest BCUT2D eigenvalue weighted by Crippen LogP contribution is 2.24. The van der Waals surface area contributed by atoms with E-state index in [1.54, 1.807) is 12.1 Å². The Bertz CT molecular complexity index is 1120. The van der Waals surface area contributed by atoms with Crippen LogP contribution in [-0.2, 0) is 13.0 Å². The van der Waals surface area contributed by atoms with Crippen molar-refractivity contribution in [1.82, 2.24) is 25.9 Å². The van der Waals surface area contributed by atoms with Crippen LogP contribution < -0.4 is 16.0 Å². The molecule has 1 aliphatic carbocycles. The van der Waals surface area contributed by atoms with Crippen molar-refractivity contribution in [2.24, 2.45) is 0 Å². The Morgan fingerprint density at radius 2 is 1.87 bits per heavy atom. The molecule has 1 saturated carbocycles. The first-order valence-corrected chi connectivity index (χ1v) is 11.9. The summed E-state index contributed by atoms with van der Waals surface area (Å²) in [7, 11) is 0. The average molecular weight is 458 g/mol. The van der Waals surface area contributed by atoms with E-state index < -0.39 is 0 Å². The molecule has 2 unspecified atom stereocenters. The molecule has 2 aliphatic rings. The van der Waals surface area contributed by atoms with Gasteiger partial charge in [-0.05, 0) is 37.1 Å². The van der Waals surface area contributed by atoms with Crippen molar-refractivity contribution in [1.29, 1.82) is 0 Å². The fraction of sp³-hybridized carbons (Fsp3) is 0.409. The molecule has 3 aromatic rings. The van der Waals surface area contributed by atoms with E-state index in [-0.39, 0.29) is 23.9 Å². The van der Waals surface area contributed by atoms with Crippen molar-refractivity contribution in [3.05, 3.63) is 50.6 Å². The van der Waals surface area contributed by atoms with Gasteiger partial charge in [0.05, 0.1) is 5.69 Å². The van der Waals surface area contributed by atoms with E-state index in [1.165, 1.54) is 11.3 Å². The summed E-state index contributed by atoms with van der Waals surface area (Å²) in [6.45, 7) is 1.67. The van der Waals surface area contributed by atoms with Gasteiger partial charge in [0.1, 0.15) is 5.69 Å². The lowest BCUT2D eigenvalue weighted by atomic mass is 9.90. The van der Waals surface area contributed by atoms with E-state index in [2.05, 4.69) is 25.9 Å². The lowest BCUT2D eigenvalue weighted by Gasteiger charge is -2.32. The highest BCUT2D eigenvalue weighted by Gasteiger charge is 2.30. The van der Waals surface area contributed by atoms with Gasteiger partial charge < -0.3 is 20.9 Å². The number of thiazole rings is 1. The van der Waals surface area contributed by atoms with Crippen LogP contribution in [0.3, 0.4) is 0 Å². The van der Waals surface area contributed by atoms with Gasteiger partial charge >= 0.3 is 0 Å². The number of aromatic amines is 1. The second-order valence-corrected chi connectivity index (χ2v) is 9.69. The number of nitrogens with one attached hydrogen (secondary N) is 4. The largest absolute Gasteiger partial charge is 0.351 e. The molecule has 0 bridgehead atoms. The highest BCUT2D eigenvalue weighted by atomic mass is 35.5. The Morgan fingerprint density at radius 1 is 1.10 bits per heavy atom. The second kappa shape index (κ2) is 8.61. The first kappa shape index (κ1) is 20.5. The molecule has 0 saturated heterocycles. The minimum atomic E-state index is -0.172. The zero-order chi connectivity index (χ0) is 21.4. The molecule has 31 heavy (non-hydrogen) atoms. The Kier molecular flexibility index (Phi) is 5.69. The molecule has 9 heteroatoms. The summed E-state index contributed by atoms with van der Waals surface area (Å²) in [4.78, 5) is 34.6. The minimum absolute atomic E-state index is 0.108. The lowest BCUT2D eigenvalue weighted by Crippen LogP contribution is -2.53. The molecule has 0 spiro atoms. The maximum atomic E-state index is 12.9. The molecule has 5 rings (SSSR count). The van der Waals surface area contributed by atoms with Gasteiger partial charge in [-0.15, -0.1) is 11.3 Å². The van der Waals surface area contributed by atoms with Crippen LogP contribution in [0.5, 0.6) is 0 Å². The molecule has 4 N–H and O–H groups in total. The van der Waals surface area contributed by atoms with Crippen LogP contribution in [0.15, 0.2) is 24.3 Å². The summed E-state index contributed by atoms with van der Waals surface area (Å²) in [5.74, 6) is -0.319. The third kappa shape index (κ3) is 4.33. The van der Waals surface area contributed by atoms with Crippen LogP contribution in [0.25, 0.3) is 10.9 Å². The third-order valence-corrected chi connectivity index (χ3v) is 7.35. The van der Waals surface area contributed by atoms with Gasteiger partial charge in [0.25, 0.3) is 11.8 Å².